The molecule has 2 aromatic carbocycles. The molecule has 0 N–H and O–H groups in total. The highest BCUT2D eigenvalue weighted by atomic mass is 15.1. The lowest BCUT2D eigenvalue weighted by Gasteiger charge is -2.34. The monoisotopic (exact) mass is 583 g/mol. The molecule has 0 bridgehead atoms. The zero-order chi connectivity index (χ0) is 31.2. The van der Waals surface area contributed by atoms with Crippen LogP contribution in [0.15, 0.2) is 72.0 Å². The van der Waals surface area contributed by atoms with Gasteiger partial charge in [0, 0.05) is 29.2 Å². The predicted octanol–water partition coefficient (Wildman–Crippen LogP) is 10.8. The smallest absolute Gasteiger partial charge is 0.224 e. The summed E-state index contributed by atoms with van der Waals surface area (Å²) in [5.41, 5.74) is 12.6. The summed E-state index contributed by atoms with van der Waals surface area (Å²) < 4.78 is 2.70. The summed E-state index contributed by atoms with van der Waals surface area (Å²) in [5.74, 6) is 1.18. The first-order valence-corrected chi connectivity index (χ1v) is 17.4. The van der Waals surface area contributed by atoms with Crippen molar-refractivity contribution in [1.29, 1.82) is 0 Å². The predicted molar refractivity (Wildman–Crippen MR) is 186 cm³/mol. The van der Waals surface area contributed by atoms with Crippen molar-refractivity contribution in [2.24, 2.45) is 17.3 Å². The molecule has 2 nitrogen and oxygen atoms in total. The third-order valence-electron chi connectivity index (χ3n) is 11.3. The first-order chi connectivity index (χ1) is 21.0. The van der Waals surface area contributed by atoms with Crippen LogP contribution in [-0.2, 0) is 17.4 Å². The fourth-order valence-corrected chi connectivity index (χ4v) is 9.23. The molecule has 2 aromatic heterocycles. The van der Waals surface area contributed by atoms with Crippen LogP contribution in [0.5, 0.6) is 0 Å². The van der Waals surface area contributed by atoms with Gasteiger partial charge in [-0.25, -0.2) is 0 Å². The first kappa shape index (κ1) is 29.5. The van der Waals surface area contributed by atoms with E-state index in [1.165, 1.54) is 75.5 Å². The summed E-state index contributed by atoms with van der Waals surface area (Å²) in [7, 11) is 0. The second-order valence-corrected chi connectivity index (χ2v) is 15.7. The van der Waals surface area contributed by atoms with Gasteiger partial charge in [-0.2, -0.15) is 4.57 Å². The molecule has 228 valence electrons. The molecule has 0 fully saturated rings. The summed E-state index contributed by atoms with van der Waals surface area (Å²) in [4.78, 5) is 5.36. The number of rotatable bonds is 7. The van der Waals surface area contributed by atoms with Crippen LogP contribution in [0.3, 0.4) is 0 Å². The Balaban J connectivity index is 1.63. The van der Waals surface area contributed by atoms with E-state index in [1.54, 1.807) is 11.1 Å². The van der Waals surface area contributed by atoms with Gasteiger partial charge in [0.15, 0.2) is 6.20 Å². The summed E-state index contributed by atoms with van der Waals surface area (Å²) >= 11 is 0. The van der Waals surface area contributed by atoms with Crippen molar-refractivity contribution in [1.82, 2.24) is 4.98 Å². The number of hydrogen-bond acceptors (Lipinski definition) is 1. The molecule has 2 aliphatic carbocycles. The Morgan fingerprint density at radius 2 is 1.59 bits per heavy atom. The number of benzene rings is 2. The van der Waals surface area contributed by atoms with Gasteiger partial charge in [0.25, 0.3) is 0 Å². The normalized spacial score (nSPS) is 19.9. The van der Waals surface area contributed by atoms with Crippen LogP contribution in [0.2, 0.25) is 0 Å². The van der Waals surface area contributed by atoms with E-state index in [9.17, 15) is 0 Å². The van der Waals surface area contributed by atoms with Gasteiger partial charge in [-0.15, -0.1) is 0 Å². The summed E-state index contributed by atoms with van der Waals surface area (Å²) in [5, 5.41) is 4.13. The highest BCUT2D eigenvalue weighted by molar-refractivity contribution is 6.06. The lowest BCUT2D eigenvalue weighted by molar-refractivity contribution is -0.726. The second-order valence-electron chi connectivity index (χ2n) is 15.7. The Morgan fingerprint density at radius 3 is 2.27 bits per heavy atom. The maximum atomic E-state index is 5.36. The van der Waals surface area contributed by atoms with Crippen molar-refractivity contribution in [2.75, 3.05) is 0 Å². The molecule has 44 heavy (non-hydrogen) atoms. The lowest BCUT2D eigenvalue weighted by atomic mass is 9.66. The number of allylic oxidation sites excluding steroid dienone is 4. The summed E-state index contributed by atoms with van der Waals surface area (Å²) in [6.45, 7) is 21.4. The molecule has 4 aromatic rings. The third kappa shape index (κ3) is 4.12. The molecule has 0 amide bonds. The standard InChI is InChI=1S/C42H51N2/c1-10-26(11-2)29-20-30(27(12-3)13-4)24-42(23-29)34-21-28-16-14-15-17-32(28)38-37(34)39-36-33(41(38,8)9)22-31(25-40(5,6)7)43-35(36)18-19-44(39)42/h14-23,26-27H,10-13,24-25H2,1-9H3/q+1. The molecule has 1 spiro atoms. The van der Waals surface area contributed by atoms with Gasteiger partial charge >= 0.3 is 0 Å². The van der Waals surface area contributed by atoms with Crippen LogP contribution in [0.25, 0.3) is 32.9 Å². The van der Waals surface area contributed by atoms with E-state index in [2.05, 4.69) is 128 Å². The largest absolute Gasteiger partial charge is 0.252 e. The van der Waals surface area contributed by atoms with Crippen molar-refractivity contribution in [2.45, 2.75) is 112 Å². The van der Waals surface area contributed by atoms with Crippen LogP contribution < -0.4 is 4.57 Å². The average molecular weight is 584 g/mol. The molecule has 3 heterocycles. The number of hydrogen-bond donors (Lipinski definition) is 0. The van der Waals surface area contributed by atoms with Gasteiger partial charge in [-0.05, 0) is 95.0 Å². The van der Waals surface area contributed by atoms with Crippen LogP contribution in [0.1, 0.15) is 117 Å². The molecule has 0 saturated heterocycles. The fraction of sp³-hybridized carbons (Fsp3) is 0.476. The van der Waals surface area contributed by atoms with E-state index in [-0.39, 0.29) is 16.4 Å². The number of nitrogens with zero attached hydrogens (tertiary/aromatic N) is 2. The highest BCUT2D eigenvalue weighted by Crippen LogP contribution is 2.58. The highest BCUT2D eigenvalue weighted by Gasteiger charge is 2.57. The van der Waals surface area contributed by atoms with E-state index < -0.39 is 0 Å². The van der Waals surface area contributed by atoms with Crippen molar-refractivity contribution >= 4 is 21.7 Å². The summed E-state index contributed by atoms with van der Waals surface area (Å²) in [6.07, 6.45) is 14.5. The molecule has 1 unspecified atom stereocenters. The summed E-state index contributed by atoms with van der Waals surface area (Å²) in [6, 6.07) is 16.5. The lowest BCUT2D eigenvalue weighted by Crippen LogP contribution is -2.55. The number of aromatic nitrogens is 2. The molecule has 3 aliphatic rings. The topological polar surface area (TPSA) is 16.8 Å². The van der Waals surface area contributed by atoms with Crippen LogP contribution >= 0.6 is 0 Å². The SMILES string of the molecule is CCC(CC)C1=CC2(CC(C(CC)CC)=C1)c1cc3ccccc3c3c1-c1c4c(cc(CC(C)(C)C)nc4cc[n+]12)C3(C)C. The quantitative estimate of drug-likeness (QED) is 0.198. The fourth-order valence-electron chi connectivity index (χ4n) is 9.23. The first-order valence-electron chi connectivity index (χ1n) is 17.4. The molecular weight excluding hydrogens is 532 g/mol. The zero-order valence-electron chi connectivity index (χ0n) is 28.6. The Hall–Kier alpha value is -3.26. The number of fused-ring (bicyclic) bond motifs is 4. The van der Waals surface area contributed by atoms with Crippen LogP contribution in [-0.4, -0.2) is 4.98 Å². The molecular formula is C42H51N2+. The third-order valence-corrected chi connectivity index (χ3v) is 11.3. The minimum absolute atomic E-state index is 0.152. The molecule has 0 radical (unpaired) electrons. The second kappa shape index (κ2) is 10.1. The van der Waals surface area contributed by atoms with Gasteiger partial charge in [0.2, 0.25) is 11.2 Å². The molecule has 7 rings (SSSR count). The van der Waals surface area contributed by atoms with Gasteiger partial charge in [0.05, 0.1) is 16.5 Å². The Bertz CT molecular complexity index is 1870. The van der Waals surface area contributed by atoms with E-state index in [4.69, 9.17) is 4.98 Å². The zero-order valence-corrected chi connectivity index (χ0v) is 28.6. The van der Waals surface area contributed by atoms with Gasteiger partial charge < -0.3 is 0 Å². The minimum atomic E-state index is -0.232. The average Bonchev–Trinajstić information content (AvgIpc) is 3.23. The van der Waals surface area contributed by atoms with E-state index in [0.717, 1.165) is 18.4 Å². The maximum absolute atomic E-state index is 5.36. The Labute approximate surface area is 265 Å². The van der Waals surface area contributed by atoms with Gasteiger partial charge in [0.1, 0.15) is 0 Å². The van der Waals surface area contributed by atoms with Crippen molar-refractivity contribution in [3.63, 3.8) is 0 Å². The number of pyridine rings is 2. The minimum Gasteiger partial charge on any atom is -0.252 e. The van der Waals surface area contributed by atoms with E-state index in [1.807, 2.05) is 0 Å². The van der Waals surface area contributed by atoms with Gasteiger partial charge in [-0.1, -0.05) is 98.2 Å². The van der Waals surface area contributed by atoms with Crippen molar-refractivity contribution in [3.05, 3.63) is 94.3 Å². The molecule has 1 atom stereocenters. The Morgan fingerprint density at radius 1 is 0.886 bits per heavy atom. The van der Waals surface area contributed by atoms with Crippen LogP contribution in [0, 0.1) is 17.3 Å². The molecule has 0 saturated carbocycles. The van der Waals surface area contributed by atoms with E-state index >= 15 is 0 Å². The molecule has 1 aliphatic heterocycles. The van der Waals surface area contributed by atoms with Gasteiger partial charge in [-0.3, -0.25) is 4.98 Å². The van der Waals surface area contributed by atoms with Crippen molar-refractivity contribution in [3.8, 4) is 11.3 Å². The molecule has 2 heteroatoms. The van der Waals surface area contributed by atoms with E-state index in [0.29, 0.717) is 11.8 Å². The Kier molecular flexibility index (Phi) is 6.78. The van der Waals surface area contributed by atoms with Crippen molar-refractivity contribution < 1.29 is 4.57 Å². The van der Waals surface area contributed by atoms with Crippen LogP contribution in [0.4, 0.5) is 0 Å². The maximum Gasteiger partial charge on any atom is 0.224 e.